The number of nitrogen functional groups attached to an aromatic ring is 1. The summed E-state index contributed by atoms with van der Waals surface area (Å²) < 4.78 is 32.7. The van der Waals surface area contributed by atoms with E-state index in [4.69, 9.17) is 10.5 Å². The van der Waals surface area contributed by atoms with E-state index in [2.05, 4.69) is 4.98 Å². The molecule has 8 nitrogen and oxygen atoms in total. The summed E-state index contributed by atoms with van der Waals surface area (Å²) >= 11 is 0. The van der Waals surface area contributed by atoms with Gasteiger partial charge in [0, 0.05) is 13.1 Å². The standard InChI is InChI=1S/C14H20N4O4S/c1-4-17(5-2)23(20,21)18-11-9-7-8-10(13(19)22-6-3)12(11)16-14(18)15/h7-9H,4-6H2,1-3H3,(H2,15,16). The van der Waals surface area contributed by atoms with Crippen molar-refractivity contribution in [3.05, 3.63) is 23.8 Å². The maximum absolute atomic E-state index is 12.7. The number of anilines is 1. The normalized spacial score (nSPS) is 12.0. The summed E-state index contributed by atoms with van der Waals surface area (Å²) in [5.41, 5.74) is 6.47. The summed E-state index contributed by atoms with van der Waals surface area (Å²) in [6.07, 6.45) is 0. The Balaban J connectivity index is 2.71. The van der Waals surface area contributed by atoms with Crippen LogP contribution in [0.1, 0.15) is 31.1 Å². The number of benzene rings is 1. The third-order valence-corrected chi connectivity index (χ3v) is 5.44. The molecule has 0 radical (unpaired) electrons. The number of hydrogen-bond acceptors (Lipinski definition) is 6. The van der Waals surface area contributed by atoms with Crippen molar-refractivity contribution in [1.29, 1.82) is 0 Å². The van der Waals surface area contributed by atoms with Crippen LogP contribution in [0.2, 0.25) is 0 Å². The molecule has 2 rings (SSSR count). The van der Waals surface area contributed by atoms with Gasteiger partial charge in [0.05, 0.1) is 17.7 Å². The molecule has 0 fully saturated rings. The second-order valence-corrected chi connectivity index (χ2v) is 6.50. The highest BCUT2D eigenvalue weighted by Gasteiger charge is 2.27. The molecule has 0 spiro atoms. The molecule has 0 aliphatic carbocycles. The summed E-state index contributed by atoms with van der Waals surface area (Å²) in [6.45, 7) is 5.98. The van der Waals surface area contributed by atoms with Crippen molar-refractivity contribution in [3.8, 4) is 0 Å². The highest BCUT2D eigenvalue weighted by molar-refractivity contribution is 7.87. The predicted molar refractivity (Wildman–Crippen MR) is 87.3 cm³/mol. The lowest BCUT2D eigenvalue weighted by Gasteiger charge is -2.19. The molecule has 0 aliphatic rings. The fraction of sp³-hybridized carbons (Fsp3) is 0.429. The van der Waals surface area contributed by atoms with Crippen LogP contribution >= 0.6 is 0 Å². The van der Waals surface area contributed by atoms with Gasteiger partial charge in [-0.3, -0.25) is 0 Å². The first kappa shape index (κ1) is 17.2. The lowest BCUT2D eigenvalue weighted by Crippen LogP contribution is -2.35. The molecule has 2 N–H and O–H groups in total. The van der Waals surface area contributed by atoms with Gasteiger partial charge in [-0.15, -0.1) is 0 Å². The van der Waals surface area contributed by atoms with Crippen LogP contribution in [0.4, 0.5) is 5.95 Å². The van der Waals surface area contributed by atoms with Crippen LogP contribution in [-0.4, -0.2) is 47.3 Å². The van der Waals surface area contributed by atoms with Crippen molar-refractivity contribution in [1.82, 2.24) is 13.3 Å². The summed E-state index contributed by atoms with van der Waals surface area (Å²) in [7, 11) is -3.86. The van der Waals surface area contributed by atoms with Crippen molar-refractivity contribution < 1.29 is 17.9 Å². The number of carbonyl (C=O) groups excluding carboxylic acids is 1. The van der Waals surface area contributed by atoms with E-state index in [1.165, 1.54) is 10.4 Å². The number of imidazole rings is 1. The van der Waals surface area contributed by atoms with Crippen molar-refractivity contribution in [3.63, 3.8) is 0 Å². The molecule has 0 amide bonds. The lowest BCUT2D eigenvalue weighted by molar-refractivity contribution is 0.0528. The number of hydrogen-bond donors (Lipinski definition) is 1. The first-order valence-electron chi connectivity index (χ1n) is 7.33. The first-order chi connectivity index (χ1) is 10.9. The van der Waals surface area contributed by atoms with Gasteiger partial charge in [0.2, 0.25) is 5.95 Å². The predicted octanol–water partition coefficient (Wildman–Crippen LogP) is 1.23. The Hall–Kier alpha value is -2.13. The highest BCUT2D eigenvalue weighted by atomic mass is 32.2. The Labute approximate surface area is 135 Å². The van der Waals surface area contributed by atoms with Crippen molar-refractivity contribution in [2.75, 3.05) is 25.4 Å². The number of esters is 1. The smallest absolute Gasteiger partial charge is 0.340 e. The molecule has 1 aromatic heterocycles. The number of ether oxygens (including phenoxy) is 1. The van der Waals surface area contributed by atoms with Crippen LogP contribution in [0, 0.1) is 0 Å². The number of nitrogens with two attached hydrogens (primary N) is 1. The minimum atomic E-state index is -3.86. The Morgan fingerprint density at radius 2 is 1.96 bits per heavy atom. The molecule has 0 unspecified atom stereocenters. The van der Waals surface area contributed by atoms with E-state index in [1.54, 1.807) is 32.9 Å². The number of fused-ring (bicyclic) bond motifs is 1. The van der Waals surface area contributed by atoms with Gasteiger partial charge in [-0.05, 0) is 19.1 Å². The van der Waals surface area contributed by atoms with Gasteiger partial charge < -0.3 is 10.5 Å². The Morgan fingerprint density at radius 1 is 1.30 bits per heavy atom. The van der Waals surface area contributed by atoms with Crippen molar-refractivity contribution in [2.45, 2.75) is 20.8 Å². The number of nitrogens with zero attached hydrogens (tertiary/aromatic N) is 3. The molecule has 0 bridgehead atoms. The minimum absolute atomic E-state index is 0.185. The number of aromatic nitrogens is 2. The Bertz CT molecular complexity index is 825. The van der Waals surface area contributed by atoms with E-state index in [0.29, 0.717) is 13.1 Å². The van der Waals surface area contributed by atoms with Crippen LogP contribution in [0.3, 0.4) is 0 Å². The summed E-state index contributed by atoms with van der Waals surface area (Å²) in [4.78, 5) is 16.1. The third-order valence-electron chi connectivity index (χ3n) is 3.43. The average molecular weight is 340 g/mol. The van der Waals surface area contributed by atoms with Gasteiger partial charge in [0.1, 0.15) is 5.52 Å². The van der Waals surface area contributed by atoms with Gasteiger partial charge >= 0.3 is 16.2 Å². The molecule has 0 atom stereocenters. The quantitative estimate of drug-likeness (QED) is 0.793. The summed E-state index contributed by atoms with van der Waals surface area (Å²) in [5, 5.41) is 0. The molecule has 1 aromatic carbocycles. The number of para-hydroxylation sites is 1. The molecule has 0 saturated heterocycles. The SMILES string of the molecule is CCOC(=O)c1cccc2c1nc(N)n2S(=O)(=O)N(CC)CC. The molecule has 23 heavy (non-hydrogen) atoms. The maximum atomic E-state index is 12.7. The zero-order chi connectivity index (χ0) is 17.2. The minimum Gasteiger partial charge on any atom is -0.462 e. The molecule has 2 aromatic rings. The monoisotopic (exact) mass is 340 g/mol. The van der Waals surface area contributed by atoms with Gasteiger partial charge in [-0.2, -0.15) is 16.7 Å². The van der Waals surface area contributed by atoms with E-state index in [0.717, 1.165) is 3.97 Å². The van der Waals surface area contributed by atoms with Crippen molar-refractivity contribution in [2.24, 2.45) is 0 Å². The van der Waals surface area contributed by atoms with Gasteiger partial charge in [-0.1, -0.05) is 19.9 Å². The molecule has 126 valence electrons. The van der Waals surface area contributed by atoms with E-state index in [9.17, 15) is 13.2 Å². The van der Waals surface area contributed by atoms with Gasteiger partial charge in [0.25, 0.3) is 0 Å². The average Bonchev–Trinajstić information content (AvgIpc) is 2.84. The van der Waals surface area contributed by atoms with E-state index < -0.39 is 16.2 Å². The van der Waals surface area contributed by atoms with E-state index >= 15 is 0 Å². The second kappa shape index (κ2) is 6.55. The second-order valence-electron chi connectivity index (χ2n) is 4.72. The van der Waals surface area contributed by atoms with Crippen LogP contribution in [0.25, 0.3) is 11.0 Å². The molecule has 9 heteroatoms. The van der Waals surface area contributed by atoms with Crippen LogP contribution < -0.4 is 5.73 Å². The topological polar surface area (TPSA) is 108 Å². The summed E-state index contributed by atoms with van der Waals surface area (Å²) in [5.74, 6) is -0.758. The van der Waals surface area contributed by atoms with Gasteiger partial charge in [-0.25, -0.2) is 9.78 Å². The van der Waals surface area contributed by atoms with Crippen LogP contribution in [0.15, 0.2) is 18.2 Å². The molecule has 0 saturated carbocycles. The third kappa shape index (κ3) is 2.89. The fourth-order valence-corrected chi connectivity index (χ4v) is 3.93. The molecule has 0 aliphatic heterocycles. The summed E-state index contributed by atoms with van der Waals surface area (Å²) in [6, 6.07) is 4.66. The van der Waals surface area contributed by atoms with E-state index in [1.807, 2.05) is 0 Å². The number of rotatable bonds is 6. The zero-order valence-electron chi connectivity index (χ0n) is 13.3. The maximum Gasteiger partial charge on any atom is 0.340 e. The highest BCUT2D eigenvalue weighted by Crippen LogP contribution is 2.25. The zero-order valence-corrected chi connectivity index (χ0v) is 14.1. The largest absolute Gasteiger partial charge is 0.462 e. The first-order valence-corrected chi connectivity index (χ1v) is 8.72. The van der Waals surface area contributed by atoms with Crippen molar-refractivity contribution >= 4 is 33.2 Å². The Kier molecular flexibility index (Phi) is 4.90. The van der Waals surface area contributed by atoms with Crippen LogP contribution in [0.5, 0.6) is 0 Å². The molecule has 1 heterocycles. The van der Waals surface area contributed by atoms with E-state index in [-0.39, 0.29) is 29.2 Å². The molecular weight excluding hydrogens is 320 g/mol. The Morgan fingerprint density at radius 3 is 2.52 bits per heavy atom. The fourth-order valence-electron chi connectivity index (χ4n) is 2.38. The lowest BCUT2D eigenvalue weighted by atomic mass is 10.2. The molecular formula is C14H20N4O4S. The van der Waals surface area contributed by atoms with Gasteiger partial charge in [0.15, 0.2) is 0 Å². The number of carbonyl (C=O) groups is 1. The van der Waals surface area contributed by atoms with Crippen LogP contribution in [-0.2, 0) is 14.9 Å².